The van der Waals surface area contributed by atoms with Gasteiger partial charge in [-0.2, -0.15) is 0 Å². The normalized spacial score (nSPS) is 34.6. The summed E-state index contributed by atoms with van der Waals surface area (Å²) in [5.74, 6) is 0.0301. The molecule has 0 bridgehead atoms. The zero-order valence-electron chi connectivity index (χ0n) is 5.58. The Morgan fingerprint density at radius 1 is 1.50 bits per heavy atom. The summed E-state index contributed by atoms with van der Waals surface area (Å²) in [6.45, 7) is 2.56. The smallest absolute Gasteiger partial charge is 0.238 e. The molecule has 0 aromatic heterocycles. The van der Waals surface area contributed by atoms with Gasteiger partial charge in [0.25, 0.3) is 0 Å². The predicted molar refractivity (Wildman–Crippen MR) is 38.5 cm³/mol. The van der Waals surface area contributed by atoms with E-state index in [0.29, 0.717) is 6.61 Å². The SMILES string of the molecule is CC1COCC1S(=O)(=O)Cl. The topological polar surface area (TPSA) is 43.4 Å². The van der Waals surface area contributed by atoms with Crippen LogP contribution in [0.1, 0.15) is 6.92 Å². The largest absolute Gasteiger partial charge is 0.380 e. The van der Waals surface area contributed by atoms with Crippen molar-refractivity contribution >= 4 is 19.7 Å². The van der Waals surface area contributed by atoms with Gasteiger partial charge in [0.2, 0.25) is 9.05 Å². The Morgan fingerprint density at radius 3 is 2.30 bits per heavy atom. The molecule has 0 aromatic carbocycles. The summed E-state index contributed by atoms with van der Waals surface area (Å²) in [6.07, 6.45) is 0. The second kappa shape index (κ2) is 2.68. The lowest BCUT2D eigenvalue weighted by atomic mass is 10.2. The average molecular weight is 185 g/mol. The summed E-state index contributed by atoms with van der Waals surface area (Å²) in [4.78, 5) is 0. The maximum Gasteiger partial charge on any atom is 0.238 e. The van der Waals surface area contributed by atoms with Gasteiger partial charge in [-0.15, -0.1) is 0 Å². The van der Waals surface area contributed by atoms with E-state index in [9.17, 15) is 8.42 Å². The second-order valence-corrected chi connectivity index (χ2v) is 5.38. The van der Waals surface area contributed by atoms with Crippen LogP contribution in [0.15, 0.2) is 0 Å². The van der Waals surface area contributed by atoms with Gasteiger partial charge in [0.1, 0.15) is 5.25 Å². The molecule has 0 aromatic rings. The Balaban J connectivity index is 2.74. The monoisotopic (exact) mass is 184 g/mol. The highest BCUT2D eigenvalue weighted by molar-refractivity contribution is 8.14. The molecular weight excluding hydrogens is 176 g/mol. The summed E-state index contributed by atoms with van der Waals surface area (Å²) in [6, 6.07) is 0. The van der Waals surface area contributed by atoms with E-state index >= 15 is 0 Å². The van der Waals surface area contributed by atoms with E-state index in [4.69, 9.17) is 15.4 Å². The molecule has 60 valence electrons. The summed E-state index contributed by atoms with van der Waals surface area (Å²) in [5.41, 5.74) is 0. The minimum atomic E-state index is -3.40. The lowest BCUT2D eigenvalue weighted by Crippen LogP contribution is -2.22. The molecule has 2 unspecified atom stereocenters. The molecule has 1 fully saturated rings. The number of halogens is 1. The van der Waals surface area contributed by atoms with Crippen molar-refractivity contribution in [3.63, 3.8) is 0 Å². The highest BCUT2D eigenvalue weighted by atomic mass is 35.7. The van der Waals surface area contributed by atoms with E-state index in [1.165, 1.54) is 0 Å². The van der Waals surface area contributed by atoms with Crippen LogP contribution in [0.4, 0.5) is 0 Å². The first-order chi connectivity index (χ1) is 4.52. The second-order valence-electron chi connectivity index (χ2n) is 2.53. The summed E-state index contributed by atoms with van der Waals surface area (Å²) in [5, 5.41) is -0.505. The molecule has 1 aliphatic rings. The molecule has 1 heterocycles. The predicted octanol–water partition coefficient (Wildman–Crippen LogP) is 0.590. The zero-order chi connectivity index (χ0) is 7.78. The Labute approximate surface area is 64.7 Å². The molecule has 2 atom stereocenters. The van der Waals surface area contributed by atoms with E-state index in [0.717, 1.165) is 0 Å². The fraction of sp³-hybridized carbons (Fsp3) is 1.00. The molecule has 0 spiro atoms. The standard InChI is InChI=1S/C5H9ClO3S/c1-4-2-9-3-5(4)10(6,7)8/h4-5H,2-3H2,1H3. The molecule has 0 amide bonds. The highest BCUT2D eigenvalue weighted by Gasteiger charge is 2.34. The van der Waals surface area contributed by atoms with Gasteiger partial charge in [-0.25, -0.2) is 8.42 Å². The van der Waals surface area contributed by atoms with E-state index in [1.54, 1.807) is 0 Å². The molecule has 1 rings (SSSR count). The average Bonchev–Trinajstić information content (AvgIpc) is 2.11. The number of hydrogen-bond donors (Lipinski definition) is 0. The van der Waals surface area contributed by atoms with Crippen molar-refractivity contribution in [2.24, 2.45) is 5.92 Å². The molecule has 0 saturated carbocycles. The quantitative estimate of drug-likeness (QED) is 0.561. The summed E-state index contributed by atoms with van der Waals surface area (Å²) in [7, 11) is 1.72. The highest BCUT2D eigenvalue weighted by Crippen LogP contribution is 2.22. The van der Waals surface area contributed by atoms with E-state index in [-0.39, 0.29) is 12.5 Å². The van der Waals surface area contributed by atoms with Crippen LogP contribution in [-0.4, -0.2) is 26.9 Å². The van der Waals surface area contributed by atoms with Crippen molar-refractivity contribution in [2.75, 3.05) is 13.2 Å². The lowest BCUT2D eigenvalue weighted by Gasteiger charge is -2.06. The van der Waals surface area contributed by atoms with Gasteiger partial charge >= 0.3 is 0 Å². The lowest BCUT2D eigenvalue weighted by molar-refractivity contribution is 0.188. The molecule has 5 heteroatoms. The number of hydrogen-bond acceptors (Lipinski definition) is 3. The van der Waals surface area contributed by atoms with Gasteiger partial charge < -0.3 is 4.74 Å². The van der Waals surface area contributed by atoms with Crippen LogP contribution < -0.4 is 0 Å². The van der Waals surface area contributed by atoms with Crippen LogP contribution in [0.2, 0.25) is 0 Å². The van der Waals surface area contributed by atoms with E-state index < -0.39 is 14.3 Å². The van der Waals surface area contributed by atoms with Crippen LogP contribution in [0.5, 0.6) is 0 Å². The molecule has 10 heavy (non-hydrogen) atoms. The van der Waals surface area contributed by atoms with Crippen molar-refractivity contribution in [1.82, 2.24) is 0 Å². The Hall–Kier alpha value is 0.200. The molecular formula is C5H9ClO3S. The maximum atomic E-state index is 10.7. The third kappa shape index (κ3) is 1.62. The van der Waals surface area contributed by atoms with Crippen LogP contribution in [0, 0.1) is 5.92 Å². The Bertz CT molecular complexity index is 211. The van der Waals surface area contributed by atoms with Gasteiger partial charge in [0.05, 0.1) is 13.2 Å². The third-order valence-electron chi connectivity index (χ3n) is 1.66. The molecule has 3 nitrogen and oxygen atoms in total. The fourth-order valence-corrected chi connectivity index (χ4v) is 2.57. The molecule has 0 N–H and O–H groups in total. The zero-order valence-corrected chi connectivity index (χ0v) is 7.15. The molecule has 0 aliphatic carbocycles. The molecule has 1 saturated heterocycles. The van der Waals surface area contributed by atoms with Gasteiger partial charge in [0, 0.05) is 10.7 Å². The summed E-state index contributed by atoms with van der Waals surface area (Å²) < 4.78 is 26.4. The van der Waals surface area contributed by atoms with Gasteiger partial charge in [-0.05, 0) is 5.92 Å². The van der Waals surface area contributed by atoms with Gasteiger partial charge in [0.15, 0.2) is 0 Å². The van der Waals surface area contributed by atoms with E-state index in [2.05, 4.69) is 0 Å². The minimum absolute atomic E-state index is 0.0301. The Kier molecular flexibility index (Phi) is 2.22. The number of rotatable bonds is 1. The first-order valence-electron chi connectivity index (χ1n) is 3.03. The van der Waals surface area contributed by atoms with Crippen molar-refractivity contribution in [1.29, 1.82) is 0 Å². The van der Waals surface area contributed by atoms with Crippen molar-refractivity contribution in [3.8, 4) is 0 Å². The molecule has 0 radical (unpaired) electrons. The minimum Gasteiger partial charge on any atom is -0.380 e. The van der Waals surface area contributed by atoms with Crippen LogP contribution >= 0.6 is 10.7 Å². The van der Waals surface area contributed by atoms with Crippen molar-refractivity contribution < 1.29 is 13.2 Å². The Morgan fingerprint density at radius 2 is 2.10 bits per heavy atom. The van der Waals surface area contributed by atoms with Crippen LogP contribution in [0.3, 0.4) is 0 Å². The van der Waals surface area contributed by atoms with Gasteiger partial charge in [-0.3, -0.25) is 0 Å². The first kappa shape index (κ1) is 8.30. The molecule has 1 aliphatic heterocycles. The van der Waals surface area contributed by atoms with Gasteiger partial charge in [-0.1, -0.05) is 6.92 Å². The maximum absolute atomic E-state index is 10.7. The summed E-state index contributed by atoms with van der Waals surface area (Å²) >= 11 is 0. The van der Waals surface area contributed by atoms with Crippen LogP contribution in [-0.2, 0) is 13.8 Å². The van der Waals surface area contributed by atoms with Crippen molar-refractivity contribution in [2.45, 2.75) is 12.2 Å². The third-order valence-corrected chi connectivity index (χ3v) is 3.67. The van der Waals surface area contributed by atoms with E-state index in [1.807, 2.05) is 6.92 Å². The fourth-order valence-electron chi connectivity index (χ4n) is 1.00. The first-order valence-corrected chi connectivity index (χ1v) is 5.40. The van der Waals surface area contributed by atoms with Crippen LogP contribution in [0.25, 0.3) is 0 Å². The van der Waals surface area contributed by atoms with Crippen molar-refractivity contribution in [3.05, 3.63) is 0 Å². The number of ether oxygens (including phenoxy) is 1.